The van der Waals surface area contributed by atoms with Crippen molar-refractivity contribution in [1.82, 2.24) is 9.88 Å². The fourth-order valence-corrected chi connectivity index (χ4v) is 4.00. The number of carbonyl (C=O) groups excluding carboxylic acids is 1. The number of halogens is 1. The van der Waals surface area contributed by atoms with Crippen molar-refractivity contribution in [2.75, 3.05) is 13.6 Å². The molecule has 144 valence electrons. The first-order valence-corrected chi connectivity index (χ1v) is 9.97. The van der Waals surface area contributed by atoms with E-state index in [0.717, 1.165) is 46.1 Å². The predicted octanol–water partition coefficient (Wildman–Crippen LogP) is 5.36. The molecule has 1 aromatic heterocycles. The second-order valence-corrected chi connectivity index (χ2v) is 7.56. The van der Waals surface area contributed by atoms with Crippen molar-refractivity contribution in [3.05, 3.63) is 75.9 Å². The Morgan fingerprint density at radius 2 is 1.97 bits per heavy atom. The summed E-state index contributed by atoms with van der Waals surface area (Å²) in [5, 5.41) is 10.4. The van der Waals surface area contributed by atoms with Crippen LogP contribution in [0.15, 0.2) is 48.5 Å². The quantitative estimate of drug-likeness (QED) is 0.591. The van der Waals surface area contributed by atoms with Gasteiger partial charge in [-0.15, -0.1) is 0 Å². The third-order valence-corrected chi connectivity index (χ3v) is 5.64. The van der Waals surface area contributed by atoms with E-state index in [9.17, 15) is 4.79 Å². The van der Waals surface area contributed by atoms with Gasteiger partial charge in [-0.1, -0.05) is 48.0 Å². The summed E-state index contributed by atoms with van der Waals surface area (Å²) in [6.45, 7) is 0.406. The number of amides is 1. The van der Waals surface area contributed by atoms with Gasteiger partial charge in [0.2, 0.25) is 0 Å². The van der Waals surface area contributed by atoms with Crippen LogP contribution in [0.4, 0.5) is 0 Å². The number of hydrogen-bond acceptors (Lipinski definition) is 3. The normalized spacial score (nSPS) is 14.0. The molecule has 0 unspecified atom stereocenters. The van der Waals surface area contributed by atoms with Gasteiger partial charge in [-0.2, -0.15) is 5.26 Å². The smallest absolute Gasteiger partial charge is 0.254 e. The fourth-order valence-electron chi connectivity index (χ4n) is 3.81. The molecule has 0 bridgehead atoms. The zero-order valence-electron chi connectivity index (χ0n) is 16.2. The van der Waals surface area contributed by atoms with E-state index in [1.807, 2.05) is 48.5 Å². The van der Waals surface area contributed by atoms with Crippen LogP contribution in [0, 0.1) is 11.3 Å². The molecule has 0 N–H and O–H groups in total. The monoisotopic (exact) mass is 401 g/mol. The maximum Gasteiger partial charge on any atom is 0.254 e. The number of hydrogen-bond donors (Lipinski definition) is 0. The minimum absolute atomic E-state index is 0.0610. The number of rotatable bonds is 4. The Balaban J connectivity index is 1.87. The molecule has 0 radical (unpaired) electrons. The Kier molecular flexibility index (Phi) is 5.33. The molecule has 5 heteroatoms. The molecule has 29 heavy (non-hydrogen) atoms. The topological polar surface area (TPSA) is 57.0 Å². The molecule has 0 saturated heterocycles. The standard InChI is InChI=1S/C24H20ClN3O/c1-28(14-6-13-26)24(29)22-18-8-3-5-10-21(18)27-23-17(11-12-19(22)23)15-16-7-2-4-9-20(16)25/h2-5,7-10,15H,6,11-12,14H2,1H3/b17-15-. The molecule has 1 aliphatic rings. The summed E-state index contributed by atoms with van der Waals surface area (Å²) in [5.74, 6) is -0.0610. The van der Waals surface area contributed by atoms with Crippen molar-refractivity contribution in [1.29, 1.82) is 5.26 Å². The van der Waals surface area contributed by atoms with E-state index in [-0.39, 0.29) is 5.91 Å². The maximum absolute atomic E-state index is 13.3. The van der Waals surface area contributed by atoms with Gasteiger partial charge in [-0.3, -0.25) is 4.79 Å². The number of carbonyl (C=O) groups is 1. The van der Waals surface area contributed by atoms with E-state index in [4.69, 9.17) is 21.8 Å². The van der Waals surface area contributed by atoms with E-state index in [0.29, 0.717) is 23.6 Å². The lowest BCUT2D eigenvalue weighted by Crippen LogP contribution is -2.28. The van der Waals surface area contributed by atoms with Gasteiger partial charge in [0.05, 0.1) is 29.3 Å². The Bertz CT molecular complexity index is 1180. The number of para-hydroxylation sites is 1. The lowest BCUT2D eigenvalue weighted by atomic mass is 9.99. The molecule has 1 aliphatic carbocycles. The Morgan fingerprint density at radius 1 is 1.21 bits per heavy atom. The molecule has 1 heterocycles. The first-order chi connectivity index (χ1) is 14.1. The molecular formula is C24H20ClN3O. The molecule has 0 spiro atoms. The minimum Gasteiger partial charge on any atom is -0.341 e. The van der Waals surface area contributed by atoms with E-state index in [1.165, 1.54) is 0 Å². The van der Waals surface area contributed by atoms with Crippen LogP contribution in [-0.4, -0.2) is 29.4 Å². The van der Waals surface area contributed by atoms with E-state index in [2.05, 4.69) is 12.1 Å². The van der Waals surface area contributed by atoms with Gasteiger partial charge in [0, 0.05) is 24.0 Å². The SMILES string of the molecule is CN(CCC#N)C(=O)c1c2c(nc3ccccc13)/C(=C\c1ccccc1Cl)CC2. The summed E-state index contributed by atoms with van der Waals surface area (Å²) >= 11 is 6.34. The van der Waals surface area contributed by atoms with Crippen LogP contribution >= 0.6 is 11.6 Å². The summed E-state index contributed by atoms with van der Waals surface area (Å²) in [7, 11) is 1.75. The van der Waals surface area contributed by atoms with Gasteiger partial charge in [0.15, 0.2) is 0 Å². The van der Waals surface area contributed by atoms with Crippen LogP contribution in [0.3, 0.4) is 0 Å². The van der Waals surface area contributed by atoms with Crippen LogP contribution in [0.2, 0.25) is 5.02 Å². The van der Waals surface area contributed by atoms with Crippen molar-refractivity contribution in [3.8, 4) is 6.07 Å². The van der Waals surface area contributed by atoms with E-state index >= 15 is 0 Å². The lowest BCUT2D eigenvalue weighted by molar-refractivity contribution is 0.0799. The van der Waals surface area contributed by atoms with E-state index in [1.54, 1.807) is 11.9 Å². The summed E-state index contributed by atoms with van der Waals surface area (Å²) in [5.41, 5.74) is 5.40. The van der Waals surface area contributed by atoms with E-state index < -0.39 is 0 Å². The minimum atomic E-state index is -0.0610. The van der Waals surface area contributed by atoms with Crippen LogP contribution in [-0.2, 0) is 6.42 Å². The van der Waals surface area contributed by atoms with Crippen LogP contribution in [0.1, 0.15) is 40.0 Å². The van der Waals surface area contributed by atoms with Crippen molar-refractivity contribution in [2.45, 2.75) is 19.3 Å². The number of nitrogens with zero attached hydrogens (tertiary/aromatic N) is 3. The first-order valence-electron chi connectivity index (χ1n) is 9.59. The molecular weight excluding hydrogens is 382 g/mol. The Hall–Kier alpha value is -3.16. The Morgan fingerprint density at radius 3 is 2.76 bits per heavy atom. The number of allylic oxidation sites excluding steroid dienone is 1. The van der Waals surface area contributed by atoms with Crippen LogP contribution in [0.25, 0.3) is 22.6 Å². The number of nitriles is 1. The van der Waals surface area contributed by atoms with Crippen molar-refractivity contribution >= 4 is 40.1 Å². The third kappa shape index (κ3) is 3.62. The molecule has 0 saturated carbocycles. The average molecular weight is 402 g/mol. The third-order valence-electron chi connectivity index (χ3n) is 5.30. The fraction of sp³-hybridized carbons (Fsp3) is 0.208. The van der Waals surface area contributed by atoms with Gasteiger partial charge in [-0.25, -0.2) is 4.98 Å². The molecule has 4 nitrogen and oxygen atoms in total. The molecule has 0 aliphatic heterocycles. The van der Waals surface area contributed by atoms with Crippen molar-refractivity contribution in [2.24, 2.45) is 0 Å². The highest BCUT2D eigenvalue weighted by atomic mass is 35.5. The highest BCUT2D eigenvalue weighted by Gasteiger charge is 2.28. The highest BCUT2D eigenvalue weighted by molar-refractivity contribution is 6.32. The number of fused-ring (bicyclic) bond motifs is 2. The summed E-state index contributed by atoms with van der Waals surface area (Å²) in [6, 6.07) is 17.6. The van der Waals surface area contributed by atoms with Crippen molar-refractivity contribution in [3.63, 3.8) is 0 Å². The van der Waals surface area contributed by atoms with Gasteiger partial charge in [0.1, 0.15) is 0 Å². The average Bonchev–Trinajstić information content (AvgIpc) is 3.13. The number of benzene rings is 2. The van der Waals surface area contributed by atoms with Gasteiger partial charge in [-0.05, 0) is 47.8 Å². The predicted molar refractivity (Wildman–Crippen MR) is 117 cm³/mol. The second kappa shape index (κ2) is 8.06. The number of pyridine rings is 1. The number of aromatic nitrogens is 1. The van der Waals surface area contributed by atoms with Gasteiger partial charge in [0.25, 0.3) is 5.91 Å². The highest BCUT2D eigenvalue weighted by Crippen LogP contribution is 2.38. The molecule has 0 fully saturated rings. The zero-order chi connectivity index (χ0) is 20.4. The lowest BCUT2D eigenvalue weighted by Gasteiger charge is -2.19. The summed E-state index contributed by atoms with van der Waals surface area (Å²) in [4.78, 5) is 19.8. The summed E-state index contributed by atoms with van der Waals surface area (Å²) in [6.07, 6.45) is 3.96. The zero-order valence-corrected chi connectivity index (χ0v) is 16.9. The second-order valence-electron chi connectivity index (χ2n) is 7.16. The maximum atomic E-state index is 13.3. The van der Waals surface area contributed by atoms with Crippen molar-refractivity contribution < 1.29 is 4.79 Å². The molecule has 3 aromatic rings. The molecule has 4 rings (SSSR count). The molecule has 2 aromatic carbocycles. The first kappa shape index (κ1) is 19.2. The van der Waals surface area contributed by atoms with Crippen LogP contribution < -0.4 is 0 Å². The van der Waals surface area contributed by atoms with Crippen LogP contribution in [0.5, 0.6) is 0 Å². The Labute approximate surface area is 175 Å². The largest absolute Gasteiger partial charge is 0.341 e. The van der Waals surface area contributed by atoms with Gasteiger partial charge >= 0.3 is 0 Å². The molecule has 0 atom stereocenters. The molecule has 1 amide bonds. The summed E-state index contributed by atoms with van der Waals surface area (Å²) < 4.78 is 0. The van der Waals surface area contributed by atoms with Gasteiger partial charge < -0.3 is 4.90 Å².